The third-order valence-corrected chi connectivity index (χ3v) is 3.43. The van der Waals surface area contributed by atoms with Gasteiger partial charge in [-0.3, -0.25) is 0 Å². The average Bonchev–Trinajstić information content (AvgIpc) is 3.27. The summed E-state index contributed by atoms with van der Waals surface area (Å²) in [5.74, 6) is 0.108. The van der Waals surface area contributed by atoms with Gasteiger partial charge in [0, 0.05) is 25.0 Å². The number of rotatable bonds is 7. The van der Waals surface area contributed by atoms with E-state index in [-0.39, 0.29) is 5.69 Å². The van der Waals surface area contributed by atoms with Crippen LogP contribution in [0.5, 0.6) is 0 Å². The molecule has 0 aliphatic carbocycles. The summed E-state index contributed by atoms with van der Waals surface area (Å²) in [6.45, 7) is 3.16. The average molecular weight is 326 g/mol. The minimum Gasteiger partial charge on any atom is -0.461 e. The van der Waals surface area contributed by atoms with Crippen LogP contribution in [0.15, 0.2) is 53.6 Å². The van der Waals surface area contributed by atoms with Gasteiger partial charge in [0.15, 0.2) is 11.5 Å². The number of hydrogen-bond acceptors (Lipinski definition) is 6. The topological polar surface area (TPSA) is 82.2 Å². The van der Waals surface area contributed by atoms with Crippen molar-refractivity contribution < 1.29 is 14.1 Å². The maximum Gasteiger partial charge on any atom is 0.360 e. The molecule has 2 aromatic heterocycles. The summed E-state index contributed by atoms with van der Waals surface area (Å²) in [4.78, 5) is 15.6. The van der Waals surface area contributed by atoms with Crippen molar-refractivity contribution >= 4 is 5.97 Å². The van der Waals surface area contributed by atoms with Gasteiger partial charge in [0.05, 0.1) is 25.2 Å². The molecule has 2 heterocycles. The maximum atomic E-state index is 11.6. The van der Waals surface area contributed by atoms with Crippen molar-refractivity contribution in [3.63, 3.8) is 0 Å². The van der Waals surface area contributed by atoms with Crippen LogP contribution in [0.25, 0.3) is 5.69 Å². The van der Waals surface area contributed by atoms with E-state index in [4.69, 9.17) is 9.26 Å². The van der Waals surface area contributed by atoms with Crippen molar-refractivity contribution in [2.24, 2.45) is 0 Å². The van der Waals surface area contributed by atoms with E-state index in [1.807, 2.05) is 35.0 Å². The second kappa shape index (κ2) is 7.56. The van der Waals surface area contributed by atoms with Gasteiger partial charge in [0.1, 0.15) is 0 Å². The van der Waals surface area contributed by atoms with Crippen LogP contribution in [0.2, 0.25) is 0 Å². The van der Waals surface area contributed by atoms with Crippen LogP contribution in [0, 0.1) is 0 Å². The SMILES string of the molecule is CCOC(=O)c1cc(CNCc2ccccc2-n2ccnc2)on1. The zero-order valence-electron chi connectivity index (χ0n) is 13.3. The zero-order valence-corrected chi connectivity index (χ0v) is 13.3. The maximum absolute atomic E-state index is 11.6. The Labute approximate surface area is 139 Å². The number of ether oxygens (including phenoxy) is 1. The Morgan fingerprint density at radius 3 is 3.00 bits per heavy atom. The molecule has 3 rings (SSSR count). The molecule has 124 valence electrons. The van der Waals surface area contributed by atoms with Crippen molar-refractivity contribution in [3.05, 3.63) is 66.1 Å². The number of aromatic nitrogens is 3. The Morgan fingerprint density at radius 1 is 1.33 bits per heavy atom. The molecule has 0 saturated carbocycles. The number of imidazole rings is 1. The van der Waals surface area contributed by atoms with Crippen molar-refractivity contribution in [1.82, 2.24) is 20.0 Å². The molecule has 7 nitrogen and oxygen atoms in total. The predicted molar refractivity (Wildman–Crippen MR) is 86.6 cm³/mol. The number of hydrogen-bond donors (Lipinski definition) is 1. The Kier molecular flexibility index (Phi) is 5.02. The van der Waals surface area contributed by atoms with E-state index in [1.54, 1.807) is 25.5 Å². The van der Waals surface area contributed by atoms with E-state index in [1.165, 1.54) is 0 Å². The van der Waals surface area contributed by atoms with Crippen LogP contribution in [0.3, 0.4) is 0 Å². The van der Waals surface area contributed by atoms with E-state index in [0.717, 1.165) is 11.3 Å². The van der Waals surface area contributed by atoms with Crippen LogP contribution in [0.1, 0.15) is 28.7 Å². The van der Waals surface area contributed by atoms with Crippen LogP contribution >= 0.6 is 0 Å². The third-order valence-electron chi connectivity index (χ3n) is 3.43. The first-order valence-corrected chi connectivity index (χ1v) is 7.67. The lowest BCUT2D eigenvalue weighted by atomic mass is 10.1. The first-order chi connectivity index (χ1) is 11.8. The van der Waals surface area contributed by atoms with E-state index >= 15 is 0 Å². The van der Waals surface area contributed by atoms with Gasteiger partial charge in [-0.05, 0) is 18.6 Å². The first kappa shape index (κ1) is 15.9. The van der Waals surface area contributed by atoms with Crippen molar-refractivity contribution in [2.75, 3.05) is 6.61 Å². The Morgan fingerprint density at radius 2 is 2.21 bits per heavy atom. The molecule has 0 amide bonds. The summed E-state index contributed by atoms with van der Waals surface area (Å²) in [5, 5.41) is 7.00. The van der Waals surface area contributed by atoms with Gasteiger partial charge in [0.25, 0.3) is 0 Å². The standard InChI is InChI=1S/C17H18N4O3/c1-2-23-17(22)15-9-14(24-20-15)11-19-10-13-5-3-4-6-16(13)21-8-7-18-12-21/h3-9,12,19H,2,10-11H2,1H3. The van der Waals surface area contributed by atoms with Gasteiger partial charge in [-0.2, -0.15) is 0 Å². The molecular formula is C17H18N4O3. The predicted octanol–water partition coefficient (Wildman–Crippen LogP) is 2.33. The van der Waals surface area contributed by atoms with Crippen LogP contribution < -0.4 is 5.32 Å². The number of carbonyl (C=O) groups is 1. The van der Waals surface area contributed by atoms with Crippen molar-refractivity contribution in [1.29, 1.82) is 0 Å². The molecule has 1 aromatic carbocycles. The molecule has 0 bridgehead atoms. The molecule has 0 aliphatic rings. The highest BCUT2D eigenvalue weighted by Crippen LogP contribution is 2.14. The number of esters is 1. The molecule has 0 spiro atoms. The number of nitrogens with one attached hydrogen (secondary N) is 1. The molecule has 7 heteroatoms. The monoisotopic (exact) mass is 326 g/mol. The summed E-state index contributed by atoms with van der Waals surface area (Å²) in [7, 11) is 0. The third kappa shape index (κ3) is 3.69. The molecule has 0 atom stereocenters. The fourth-order valence-corrected chi connectivity index (χ4v) is 2.33. The second-order valence-electron chi connectivity index (χ2n) is 5.10. The summed E-state index contributed by atoms with van der Waals surface area (Å²) in [6, 6.07) is 9.65. The van der Waals surface area contributed by atoms with Gasteiger partial charge in [-0.1, -0.05) is 23.4 Å². The van der Waals surface area contributed by atoms with Crippen molar-refractivity contribution in [3.8, 4) is 5.69 Å². The summed E-state index contributed by atoms with van der Waals surface area (Å²) in [5.41, 5.74) is 2.38. The number of para-hydroxylation sites is 1. The fourth-order valence-electron chi connectivity index (χ4n) is 2.33. The highest BCUT2D eigenvalue weighted by molar-refractivity contribution is 5.87. The molecule has 1 N–H and O–H groups in total. The van der Waals surface area contributed by atoms with Crippen molar-refractivity contribution in [2.45, 2.75) is 20.0 Å². The lowest BCUT2D eigenvalue weighted by Crippen LogP contribution is -2.14. The molecular weight excluding hydrogens is 308 g/mol. The summed E-state index contributed by atoms with van der Waals surface area (Å²) < 4.78 is 12.0. The molecule has 0 aliphatic heterocycles. The van der Waals surface area contributed by atoms with E-state index in [9.17, 15) is 4.79 Å². The summed E-state index contributed by atoms with van der Waals surface area (Å²) >= 11 is 0. The van der Waals surface area contributed by atoms with E-state index in [0.29, 0.717) is 25.5 Å². The van der Waals surface area contributed by atoms with Crippen LogP contribution in [-0.2, 0) is 17.8 Å². The van der Waals surface area contributed by atoms with Gasteiger partial charge in [-0.15, -0.1) is 0 Å². The number of carbonyl (C=O) groups excluding carboxylic acids is 1. The number of benzene rings is 1. The molecule has 0 unspecified atom stereocenters. The van der Waals surface area contributed by atoms with Crippen LogP contribution in [-0.4, -0.2) is 27.3 Å². The molecule has 0 fully saturated rings. The molecule has 0 radical (unpaired) electrons. The fraction of sp³-hybridized carbons (Fsp3) is 0.235. The largest absolute Gasteiger partial charge is 0.461 e. The van der Waals surface area contributed by atoms with Crippen LogP contribution in [0.4, 0.5) is 0 Å². The number of nitrogens with zero attached hydrogens (tertiary/aromatic N) is 3. The minimum atomic E-state index is -0.474. The summed E-state index contributed by atoms with van der Waals surface area (Å²) in [6.07, 6.45) is 5.41. The van der Waals surface area contributed by atoms with Gasteiger partial charge < -0.3 is 19.1 Å². The smallest absolute Gasteiger partial charge is 0.360 e. The van der Waals surface area contributed by atoms with Gasteiger partial charge >= 0.3 is 5.97 Å². The lowest BCUT2D eigenvalue weighted by Gasteiger charge is -2.10. The highest BCUT2D eigenvalue weighted by Gasteiger charge is 2.13. The lowest BCUT2D eigenvalue weighted by molar-refractivity contribution is 0.0514. The van der Waals surface area contributed by atoms with Gasteiger partial charge in [-0.25, -0.2) is 9.78 Å². The van der Waals surface area contributed by atoms with E-state index < -0.39 is 5.97 Å². The second-order valence-corrected chi connectivity index (χ2v) is 5.10. The molecule has 3 aromatic rings. The highest BCUT2D eigenvalue weighted by atomic mass is 16.5. The first-order valence-electron chi connectivity index (χ1n) is 7.67. The quantitative estimate of drug-likeness (QED) is 0.671. The zero-order chi connectivity index (χ0) is 16.8. The van der Waals surface area contributed by atoms with Gasteiger partial charge in [0.2, 0.25) is 0 Å². The molecule has 24 heavy (non-hydrogen) atoms. The Balaban J connectivity index is 1.61. The Hall–Kier alpha value is -2.93. The Bertz CT molecular complexity index is 796. The molecule has 0 saturated heterocycles. The normalized spacial score (nSPS) is 10.7. The van der Waals surface area contributed by atoms with E-state index in [2.05, 4.69) is 15.5 Å². The minimum absolute atomic E-state index is 0.187.